The van der Waals surface area contributed by atoms with Gasteiger partial charge in [-0.2, -0.15) is 0 Å². The first-order valence-corrected chi connectivity index (χ1v) is 7.38. The molecule has 0 aromatic heterocycles. The lowest BCUT2D eigenvalue weighted by atomic mass is 10.1. The molecule has 0 spiro atoms. The number of nitrogen functional groups attached to an aromatic ring is 1. The number of rotatable bonds is 5. The molecule has 2 aromatic carbocycles. The molecule has 0 aliphatic heterocycles. The van der Waals surface area contributed by atoms with Gasteiger partial charge in [0.05, 0.1) is 10.7 Å². The Kier molecular flexibility index (Phi) is 5.23. The van der Waals surface area contributed by atoms with Crippen molar-refractivity contribution < 1.29 is 4.79 Å². The van der Waals surface area contributed by atoms with Crippen molar-refractivity contribution in [3.05, 3.63) is 64.7 Å². The van der Waals surface area contributed by atoms with Gasteiger partial charge in [0.15, 0.2) is 0 Å². The molecule has 2 N–H and O–H groups in total. The zero-order valence-corrected chi connectivity index (χ0v) is 12.8. The van der Waals surface area contributed by atoms with Gasteiger partial charge in [0, 0.05) is 18.7 Å². The van der Waals surface area contributed by atoms with Crippen LogP contribution in [0.2, 0.25) is 5.02 Å². The topological polar surface area (TPSA) is 46.3 Å². The van der Waals surface area contributed by atoms with Crippen molar-refractivity contribution in [2.45, 2.75) is 13.3 Å². The molecule has 0 radical (unpaired) electrons. The van der Waals surface area contributed by atoms with E-state index in [-0.39, 0.29) is 5.91 Å². The van der Waals surface area contributed by atoms with E-state index in [0.717, 1.165) is 6.42 Å². The summed E-state index contributed by atoms with van der Waals surface area (Å²) < 4.78 is 0. The molecular formula is C17H19ClN2O. The summed E-state index contributed by atoms with van der Waals surface area (Å²) in [4.78, 5) is 14.3. The van der Waals surface area contributed by atoms with Gasteiger partial charge in [-0.15, -0.1) is 0 Å². The number of nitrogens with two attached hydrogens (primary N) is 1. The minimum Gasteiger partial charge on any atom is -0.398 e. The molecule has 0 saturated carbocycles. The molecule has 0 atom stereocenters. The van der Waals surface area contributed by atoms with Crippen LogP contribution in [0, 0.1) is 0 Å². The molecule has 1 amide bonds. The second-order valence-electron chi connectivity index (χ2n) is 4.86. The van der Waals surface area contributed by atoms with E-state index < -0.39 is 0 Å². The van der Waals surface area contributed by atoms with E-state index in [1.165, 1.54) is 5.56 Å². The molecule has 0 unspecified atom stereocenters. The SMILES string of the molecule is CCN(CCc1ccccc1)C(=O)c1ccc(N)c(Cl)c1. The monoisotopic (exact) mass is 302 g/mol. The average molecular weight is 303 g/mol. The van der Waals surface area contributed by atoms with Crippen molar-refractivity contribution in [2.75, 3.05) is 18.8 Å². The normalized spacial score (nSPS) is 10.4. The number of benzene rings is 2. The van der Waals surface area contributed by atoms with Gasteiger partial charge in [-0.1, -0.05) is 41.9 Å². The smallest absolute Gasteiger partial charge is 0.253 e. The van der Waals surface area contributed by atoms with Crippen LogP contribution in [0.3, 0.4) is 0 Å². The second-order valence-corrected chi connectivity index (χ2v) is 5.26. The summed E-state index contributed by atoms with van der Waals surface area (Å²) in [6, 6.07) is 15.2. The van der Waals surface area contributed by atoms with Gasteiger partial charge in [0.2, 0.25) is 0 Å². The van der Waals surface area contributed by atoms with Gasteiger partial charge in [-0.25, -0.2) is 0 Å². The molecule has 2 rings (SSSR count). The summed E-state index contributed by atoms with van der Waals surface area (Å²) in [6.07, 6.45) is 0.836. The first kappa shape index (κ1) is 15.4. The molecule has 0 saturated heterocycles. The van der Waals surface area contributed by atoms with Crippen molar-refractivity contribution in [3.8, 4) is 0 Å². The first-order valence-electron chi connectivity index (χ1n) is 7.00. The molecule has 4 heteroatoms. The lowest BCUT2D eigenvalue weighted by Gasteiger charge is -2.21. The van der Waals surface area contributed by atoms with Gasteiger partial charge in [-0.05, 0) is 37.1 Å². The van der Waals surface area contributed by atoms with Crippen molar-refractivity contribution >= 4 is 23.2 Å². The Morgan fingerprint density at radius 3 is 2.52 bits per heavy atom. The van der Waals surface area contributed by atoms with Crippen LogP contribution in [-0.2, 0) is 6.42 Å². The standard InChI is InChI=1S/C17H19ClN2O/c1-2-20(11-10-13-6-4-3-5-7-13)17(21)14-8-9-16(19)15(18)12-14/h3-9,12H,2,10-11,19H2,1H3. The van der Waals surface area contributed by atoms with Crippen molar-refractivity contribution in [1.29, 1.82) is 0 Å². The van der Waals surface area contributed by atoms with Gasteiger partial charge < -0.3 is 10.6 Å². The number of hydrogen-bond donors (Lipinski definition) is 1. The van der Waals surface area contributed by atoms with Crippen LogP contribution in [0.5, 0.6) is 0 Å². The number of nitrogens with zero attached hydrogens (tertiary/aromatic N) is 1. The Labute approximate surface area is 130 Å². The summed E-state index contributed by atoms with van der Waals surface area (Å²) in [6.45, 7) is 3.32. The number of amides is 1. The highest BCUT2D eigenvalue weighted by atomic mass is 35.5. The molecule has 110 valence electrons. The van der Waals surface area contributed by atoms with E-state index in [1.54, 1.807) is 18.2 Å². The lowest BCUT2D eigenvalue weighted by molar-refractivity contribution is 0.0766. The molecule has 0 aliphatic rings. The number of carbonyl (C=O) groups is 1. The summed E-state index contributed by atoms with van der Waals surface area (Å²) in [7, 11) is 0. The fourth-order valence-corrected chi connectivity index (χ4v) is 2.34. The molecule has 21 heavy (non-hydrogen) atoms. The Balaban J connectivity index is 2.06. The van der Waals surface area contributed by atoms with Crippen LogP contribution in [0.15, 0.2) is 48.5 Å². The van der Waals surface area contributed by atoms with Gasteiger partial charge in [-0.3, -0.25) is 4.79 Å². The maximum Gasteiger partial charge on any atom is 0.253 e. The highest BCUT2D eigenvalue weighted by molar-refractivity contribution is 6.33. The Morgan fingerprint density at radius 2 is 1.90 bits per heavy atom. The van der Waals surface area contributed by atoms with Crippen LogP contribution in [0.4, 0.5) is 5.69 Å². The lowest BCUT2D eigenvalue weighted by Crippen LogP contribution is -2.32. The van der Waals surface area contributed by atoms with E-state index in [4.69, 9.17) is 17.3 Å². The van der Waals surface area contributed by atoms with E-state index in [9.17, 15) is 4.79 Å². The van der Waals surface area contributed by atoms with Crippen molar-refractivity contribution in [2.24, 2.45) is 0 Å². The third-order valence-corrected chi connectivity index (χ3v) is 3.76. The van der Waals surface area contributed by atoms with Gasteiger partial charge in [0.25, 0.3) is 5.91 Å². The highest BCUT2D eigenvalue weighted by Gasteiger charge is 2.15. The molecule has 0 bridgehead atoms. The Morgan fingerprint density at radius 1 is 1.19 bits per heavy atom. The third-order valence-electron chi connectivity index (χ3n) is 3.43. The van der Waals surface area contributed by atoms with Crippen LogP contribution >= 0.6 is 11.6 Å². The van der Waals surface area contributed by atoms with Crippen LogP contribution in [0.1, 0.15) is 22.8 Å². The van der Waals surface area contributed by atoms with E-state index in [2.05, 4.69) is 12.1 Å². The number of hydrogen-bond acceptors (Lipinski definition) is 2. The summed E-state index contributed by atoms with van der Waals surface area (Å²) in [5, 5.41) is 0.417. The summed E-state index contributed by atoms with van der Waals surface area (Å²) in [5.41, 5.74) is 7.96. The second kappa shape index (κ2) is 7.14. The molecule has 3 nitrogen and oxygen atoms in total. The maximum atomic E-state index is 12.5. The Bertz CT molecular complexity index is 613. The van der Waals surface area contributed by atoms with Gasteiger partial charge >= 0.3 is 0 Å². The predicted octanol–water partition coefficient (Wildman–Crippen LogP) is 3.63. The summed E-state index contributed by atoms with van der Waals surface area (Å²) >= 11 is 5.98. The van der Waals surface area contributed by atoms with Crippen LogP contribution in [0.25, 0.3) is 0 Å². The largest absolute Gasteiger partial charge is 0.398 e. The summed E-state index contributed by atoms with van der Waals surface area (Å²) in [5.74, 6) is -0.0182. The maximum absolute atomic E-state index is 12.5. The quantitative estimate of drug-likeness (QED) is 0.857. The fraction of sp³-hybridized carbons (Fsp3) is 0.235. The molecule has 0 fully saturated rings. The van der Waals surface area contributed by atoms with Gasteiger partial charge in [0.1, 0.15) is 0 Å². The van der Waals surface area contributed by atoms with Crippen LogP contribution in [-0.4, -0.2) is 23.9 Å². The Hall–Kier alpha value is -2.00. The minimum atomic E-state index is -0.0182. The number of likely N-dealkylation sites (N-methyl/N-ethyl adjacent to an activating group) is 1. The molecule has 0 heterocycles. The first-order chi connectivity index (χ1) is 10.1. The third kappa shape index (κ3) is 3.99. The number of carbonyl (C=O) groups excluding carboxylic acids is 1. The zero-order valence-electron chi connectivity index (χ0n) is 12.1. The zero-order chi connectivity index (χ0) is 15.2. The highest BCUT2D eigenvalue weighted by Crippen LogP contribution is 2.20. The van der Waals surface area contributed by atoms with E-state index in [1.807, 2.05) is 30.0 Å². The van der Waals surface area contributed by atoms with E-state index >= 15 is 0 Å². The fourth-order valence-electron chi connectivity index (χ4n) is 2.15. The number of anilines is 1. The number of halogens is 1. The molecule has 2 aromatic rings. The van der Waals surface area contributed by atoms with E-state index in [0.29, 0.717) is 29.4 Å². The van der Waals surface area contributed by atoms with Crippen LogP contribution < -0.4 is 5.73 Å². The molecular weight excluding hydrogens is 284 g/mol. The van der Waals surface area contributed by atoms with Crippen molar-refractivity contribution in [1.82, 2.24) is 4.90 Å². The predicted molar refractivity (Wildman–Crippen MR) is 87.6 cm³/mol. The average Bonchev–Trinajstić information content (AvgIpc) is 2.51. The minimum absolute atomic E-state index is 0.0182. The van der Waals surface area contributed by atoms with Crippen molar-refractivity contribution in [3.63, 3.8) is 0 Å². The molecule has 0 aliphatic carbocycles.